The summed E-state index contributed by atoms with van der Waals surface area (Å²) in [5, 5.41) is 0. The van der Waals surface area contributed by atoms with Crippen LogP contribution in [0.4, 0.5) is 18.0 Å². The van der Waals surface area contributed by atoms with Gasteiger partial charge in [0, 0.05) is 0 Å². The predicted molar refractivity (Wildman–Crippen MR) is 74.8 cm³/mol. The first kappa shape index (κ1) is 18.7. The third kappa shape index (κ3) is 6.98. The van der Waals surface area contributed by atoms with E-state index < -0.39 is 30.8 Å². The molecule has 128 valence electrons. The van der Waals surface area contributed by atoms with Crippen LogP contribution in [0, 0.1) is 6.92 Å². The molecule has 10 heteroatoms. The minimum Gasteiger partial charge on any atom is -0.452 e. The lowest BCUT2D eigenvalue weighted by Gasteiger charge is -2.20. The van der Waals surface area contributed by atoms with Gasteiger partial charge in [-0.1, -0.05) is 29.8 Å². The molecule has 7 nitrogen and oxygen atoms in total. The van der Waals surface area contributed by atoms with Crippen LogP contribution in [-0.4, -0.2) is 31.8 Å². The number of carbonyl (C=O) groups is 2. The lowest BCUT2D eigenvalue weighted by molar-refractivity contribution is -0.131. The second-order valence-electron chi connectivity index (χ2n) is 4.56. The van der Waals surface area contributed by atoms with E-state index in [0.717, 1.165) is 12.7 Å². The summed E-state index contributed by atoms with van der Waals surface area (Å²) in [6, 6.07) is 5.42. The van der Waals surface area contributed by atoms with Gasteiger partial charge in [0.2, 0.25) is 0 Å². The minimum atomic E-state index is -4.44. The lowest BCUT2D eigenvalue weighted by Crippen LogP contribution is -2.51. The van der Waals surface area contributed by atoms with Gasteiger partial charge in [0.05, 0.1) is 7.11 Å². The quantitative estimate of drug-likeness (QED) is 0.605. The Kier molecular flexibility index (Phi) is 6.79. The van der Waals surface area contributed by atoms with Gasteiger partial charge in [0.25, 0.3) is 5.91 Å². The molecule has 1 atom stereocenters. The third-order valence-corrected chi connectivity index (χ3v) is 2.68. The van der Waals surface area contributed by atoms with Crippen molar-refractivity contribution in [3.63, 3.8) is 0 Å². The summed E-state index contributed by atoms with van der Waals surface area (Å²) in [5.74, 6) is -0.770. The van der Waals surface area contributed by atoms with Gasteiger partial charge in [0.15, 0.2) is 0 Å². The van der Waals surface area contributed by atoms with Crippen molar-refractivity contribution >= 4 is 12.0 Å². The maximum Gasteiger partial charge on any atom is 0.425 e. The number of hydrazine groups is 2. The monoisotopic (exact) mass is 334 g/mol. The predicted octanol–water partition coefficient (Wildman–Crippen LogP) is 1.08. The van der Waals surface area contributed by atoms with Gasteiger partial charge in [-0.05, 0) is 12.5 Å². The molecule has 1 aromatic rings. The maximum atomic E-state index is 12.2. The van der Waals surface area contributed by atoms with Gasteiger partial charge in [-0.3, -0.25) is 10.2 Å². The molecule has 23 heavy (non-hydrogen) atoms. The Morgan fingerprint density at radius 1 is 1.17 bits per heavy atom. The van der Waals surface area contributed by atoms with E-state index in [1.54, 1.807) is 24.3 Å². The molecule has 0 spiro atoms. The average Bonchev–Trinajstić information content (AvgIpc) is 2.49. The van der Waals surface area contributed by atoms with Crippen molar-refractivity contribution < 1.29 is 27.5 Å². The fourth-order valence-corrected chi connectivity index (χ4v) is 1.55. The van der Waals surface area contributed by atoms with Crippen molar-refractivity contribution in [2.24, 2.45) is 0 Å². The number of methoxy groups -OCH3 is 1. The highest BCUT2D eigenvalue weighted by molar-refractivity contribution is 5.84. The van der Waals surface area contributed by atoms with E-state index in [2.05, 4.69) is 10.2 Å². The first-order valence-electron chi connectivity index (χ1n) is 6.48. The zero-order valence-electron chi connectivity index (χ0n) is 12.5. The van der Waals surface area contributed by atoms with Crippen LogP contribution in [0.15, 0.2) is 24.3 Å². The Morgan fingerprint density at radius 3 is 2.30 bits per heavy atom. The van der Waals surface area contributed by atoms with Crippen molar-refractivity contribution in [2.75, 3.05) is 13.7 Å². The number of nitrogens with one attached hydrogen (secondary N) is 4. The normalized spacial score (nSPS) is 12.4. The van der Waals surface area contributed by atoms with Gasteiger partial charge < -0.3 is 4.74 Å². The van der Waals surface area contributed by atoms with E-state index in [1.807, 2.05) is 23.2 Å². The molecule has 0 aliphatic carbocycles. The summed E-state index contributed by atoms with van der Waals surface area (Å²) >= 11 is 0. The van der Waals surface area contributed by atoms with Crippen LogP contribution in [0.25, 0.3) is 0 Å². The number of carbonyl (C=O) groups excluding carboxylic acids is 2. The van der Waals surface area contributed by atoms with Crippen LogP contribution in [0.3, 0.4) is 0 Å². The second kappa shape index (κ2) is 8.34. The zero-order valence-corrected chi connectivity index (χ0v) is 12.5. The smallest absolute Gasteiger partial charge is 0.425 e. The summed E-state index contributed by atoms with van der Waals surface area (Å²) < 4.78 is 40.8. The zero-order chi connectivity index (χ0) is 17.5. The van der Waals surface area contributed by atoms with Crippen LogP contribution in [0.1, 0.15) is 17.2 Å². The minimum absolute atomic E-state index is 0.412. The molecular formula is C13H17F3N4O3. The van der Waals surface area contributed by atoms with Crippen molar-refractivity contribution in [2.45, 2.75) is 19.1 Å². The highest BCUT2D eigenvalue weighted by Crippen LogP contribution is 2.15. The fraction of sp³-hybridized carbons (Fsp3) is 0.385. The number of benzene rings is 1. The molecule has 0 fully saturated rings. The number of hydrogen-bond donors (Lipinski definition) is 4. The number of ether oxygens (including phenoxy) is 1. The van der Waals surface area contributed by atoms with Gasteiger partial charge >= 0.3 is 12.3 Å². The lowest BCUT2D eigenvalue weighted by atomic mass is 10.1. The number of hydrogen-bond acceptors (Lipinski definition) is 5. The first-order valence-corrected chi connectivity index (χ1v) is 6.48. The molecule has 0 aliphatic heterocycles. The Hall–Kier alpha value is -2.33. The molecule has 1 rings (SSSR count). The third-order valence-electron chi connectivity index (χ3n) is 2.68. The van der Waals surface area contributed by atoms with Crippen molar-refractivity contribution in [1.29, 1.82) is 0 Å². The van der Waals surface area contributed by atoms with E-state index in [-0.39, 0.29) is 0 Å². The van der Waals surface area contributed by atoms with Crippen LogP contribution in [0.2, 0.25) is 0 Å². The topological polar surface area (TPSA) is 91.5 Å². The van der Waals surface area contributed by atoms with Gasteiger partial charge in [-0.15, -0.1) is 0 Å². The fourth-order valence-electron chi connectivity index (χ4n) is 1.55. The molecule has 0 heterocycles. The highest BCUT2D eigenvalue weighted by Gasteiger charge is 2.28. The van der Waals surface area contributed by atoms with E-state index in [9.17, 15) is 22.8 Å². The van der Waals surface area contributed by atoms with Gasteiger partial charge in [-0.2, -0.15) is 13.2 Å². The van der Waals surface area contributed by atoms with Gasteiger partial charge in [0.1, 0.15) is 12.6 Å². The SMILES string of the molecule is COC(=O)NNC(=O)C(NNCC(F)(F)F)c1ccc(C)cc1. The van der Waals surface area contributed by atoms with Crippen LogP contribution in [0.5, 0.6) is 0 Å². The molecule has 0 bridgehead atoms. The molecule has 2 amide bonds. The van der Waals surface area contributed by atoms with Crippen LogP contribution >= 0.6 is 0 Å². The van der Waals surface area contributed by atoms with Gasteiger partial charge in [-0.25, -0.2) is 21.1 Å². The number of aryl methyl sites for hydroxylation is 1. The van der Waals surface area contributed by atoms with E-state index in [0.29, 0.717) is 5.56 Å². The molecule has 0 saturated carbocycles. The Balaban J connectivity index is 2.77. The summed E-state index contributed by atoms with van der Waals surface area (Å²) in [5.41, 5.74) is 9.55. The summed E-state index contributed by atoms with van der Waals surface area (Å²) in [6.07, 6.45) is -5.35. The number of amides is 2. The van der Waals surface area contributed by atoms with E-state index >= 15 is 0 Å². The molecule has 0 aromatic heterocycles. The Bertz CT molecular complexity index is 534. The standard InChI is InChI=1S/C13H17F3N4O3/c1-8-3-5-9(6-4-8)10(18-17-7-13(14,15)16)11(21)19-20-12(22)23-2/h3-6,10,17-18H,7H2,1-2H3,(H,19,21)(H,20,22). The first-order chi connectivity index (χ1) is 10.7. The number of alkyl halides is 3. The summed E-state index contributed by atoms with van der Waals surface area (Å²) in [6.45, 7) is 0.500. The summed E-state index contributed by atoms with van der Waals surface area (Å²) in [7, 11) is 1.10. The molecule has 0 saturated heterocycles. The summed E-state index contributed by atoms with van der Waals surface area (Å²) in [4.78, 5) is 23.0. The van der Waals surface area contributed by atoms with E-state index in [4.69, 9.17) is 0 Å². The van der Waals surface area contributed by atoms with Crippen molar-refractivity contribution in [3.8, 4) is 0 Å². The molecule has 1 aromatic carbocycles. The second-order valence-corrected chi connectivity index (χ2v) is 4.56. The highest BCUT2D eigenvalue weighted by atomic mass is 19.4. The number of rotatable bonds is 5. The van der Waals surface area contributed by atoms with Crippen LogP contribution in [-0.2, 0) is 9.53 Å². The van der Waals surface area contributed by atoms with Crippen molar-refractivity contribution in [3.05, 3.63) is 35.4 Å². The molecular weight excluding hydrogens is 317 g/mol. The Labute approximate surface area is 130 Å². The van der Waals surface area contributed by atoms with Crippen molar-refractivity contribution in [1.82, 2.24) is 21.7 Å². The molecule has 1 unspecified atom stereocenters. The Morgan fingerprint density at radius 2 is 1.78 bits per heavy atom. The molecule has 0 radical (unpaired) electrons. The van der Waals surface area contributed by atoms with E-state index in [1.165, 1.54) is 0 Å². The maximum absolute atomic E-state index is 12.2. The van der Waals surface area contributed by atoms with Crippen LogP contribution < -0.4 is 21.7 Å². The molecule has 4 N–H and O–H groups in total. The average molecular weight is 334 g/mol. The largest absolute Gasteiger partial charge is 0.452 e. The number of halogens is 3. The molecule has 0 aliphatic rings.